The van der Waals surface area contributed by atoms with Crippen LogP contribution in [0, 0.1) is 0 Å². The molecule has 0 radical (unpaired) electrons. The Morgan fingerprint density at radius 1 is 1.22 bits per heavy atom. The topological polar surface area (TPSA) is 129 Å². The summed E-state index contributed by atoms with van der Waals surface area (Å²) in [5, 5.41) is 29.3. The average molecular weight is 317 g/mol. The highest BCUT2D eigenvalue weighted by Crippen LogP contribution is 2.32. The predicted octanol–water partition coefficient (Wildman–Crippen LogP) is -0.567. The van der Waals surface area contributed by atoms with Crippen LogP contribution in [0.5, 0.6) is 0 Å². The van der Waals surface area contributed by atoms with Gasteiger partial charge in [0.05, 0.1) is 12.9 Å². The zero-order valence-corrected chi connectivity index (χ0v) is 11.9. The van der Waals surface area contributed by atoms with E-state index < -0.39 is 24.5 Å². The maximum absolute atomic E-state index is 10.2. The summed E-state index contributed by atoms with van der Waals surface area (Å²) in [5.41, 5.74) is 2.56. The summed E-state index contributed by atoms with van der Waals surface area (Å²) in [6.07, 6.45) is 2.39. The molecule has 0 saturated carbocycles. The maximum atomic E-state index is 10.2. The van der Waals surface area contributed by atoms with Crippen molar-refractivity contribution in [3.05, 3.63) is 31.1 Å². The molecule has 23 heavy (non-hydrogen) atoms. The summed E-state index contributed by atoms with van der Waals surface area (Å²) in [6, 6.07) is 1.87. The number of rotatable bonds is 3. The minimum atomic E-state index is -1.18. The molecule has 0 unspecified atom stereocenters. The Kier molecular flexibility index (Phi) is 3.34. The Labute approximate surface area is 130 Å². The van der Waals surface area contributed by atoms with Crippen molar-refractivity contribution >= 4 is 11.2 Å². The van der Waals surface area contributed by atoms with Crippen LogP contribution in [0.3, 0.4) is 0 Å². The number of nitrogens with one attached hydrogen (secondary N) is 1. The van der Waals surface area contributed by atoms with Crippen LogP contribution in [0.4, 0.5) is 0 Å². The van der Waals surface area contributed by atoms with Gasteiger partial charge in [-0.05, 0) is 6.07 Å². The van der Waals surface area contributed by atoms with E-state index in [4.69, 9.17) is 4.74 Å². The van der Waals surface area contributed by atoms with Crippen LogP contribution in [0.15, 0.2) is 31.1 Å². The lowest BCUT2D eigenvalue weighted by atomic mass is 10.1. The molecule has 0 aliphatic carbocycles. The number of aliphatic hydroxyl groups excluding tert-OH is 3. The Morgan fingerprint density at radius 3 is 2.78 bits per heavy atom. The third kappa shape index (κ3) is 2.13. The third-order valence-electron chi connectivity index (χ3n) is 4.02. The monoisotopic (exact) mass is 317 g/mol. The highest BCUT2D eigenvalue weighted by molar-refractivity contribution is 5.86. The largest absolute Gasteiger partial charge is 0.394 e. The van der Waals surface area contributed by atoms with Crippen LogP contribution < -0.4 is 0 Å². The van der Waals surface area contributed by atoms with Crippen molar-refractivity contribution < 1.29 is 20.1 Å². The highest BCUT2D eigenvalue weighted by atomic mass is 16.6. The van der Waals surface area contributed by atoms with Gasteiger partial charge in [0.1, 0.15) is 35.8 Å². The maximum Gasteiger partial charge on any atom is 0.166 e. The Morgan fingerprint density at radius 2 is 2.09 bits per heavy atom. The number of H-pyrrole nitrogens is 1. The van der Waals surface area contributed by atoms with Crippen LogP contribution in [-0.4, -0.2) is 64.7 Å². The number of imidazole rings is 1. The molecule has 4 rings (SSSR count). The molecule has 9 heteroatoms. The first-order valence-corrected chi connectivity index (χ1v) is 7.14. The van der Waals surface area contributed by atoms with Gasteiger partial charge in [-0.15, -0.1) is 0 Å². The molecule has 1 fully saturated rings. The van der Waals surface area contributed by atoms with Crippen molar-refractivity contribution in [1.82, 2.24) is 24.5 Å². The van der Waals surface area contributed by atoms with Gasteiger partial charge in [-0.2, -0.15) is 0 Å². The molecular formula is C14H15N5O4. The van der Waals surface area contributed by atoms with Crippen molar-refractivity contribution in [1.29, 1.82) is 0 Å². The minimum Gasteiger partial charge on any atom is -0.394 e. The Balaban J connectivity index is 1.80. The fourth-order valence-electron chi connectivity index (χ4n) is 2.83. The van der Waals surface area contributed by atoms with E-state index in [0.717, 1.165) is 5.56 Å². The Hall–Kier alpha value is -2.33. The van der Waals surface area contributed by atoms with E-state index in [9.17, 15) is 15.3 Å². The van der Waals surface area contributed by atoms with Crippen molar-refractivity contribution in [2.24, 2.45) is 0 Å². The summed E-state index contributed by atoms with van der Waals surface area (Å²) >= 11 is 0. The molecule has 1 aliphatic rings. The fraction of sp³-hybridized carbons (Fsp3) is 0.357. The van der Waals surface area contributed by atoms with Crippen LogP contribution in [0.2, 0.25) is 0 Å². The van der Waals surface area contributed by atoms with Gasteiger partial charge >= 0.3 is 0 Å². The van der Waals surface area contributed by atoms with Gasteiger partial charge in [-0.1, -0.05) is 0 Å². The lowest BCUT2D eigenvalue weighted by Crippen LogP contribution is -2.33. The first-order chi connectivity index (χ1) is 11.2. The number of aromatic nitrogens is 5. The third-order valence-corrected chi connectivity index (χ3v) is 4.02. The standard InChI is InChI=1S/C14H15N5O4/c20-4-8-11(21)12(22)14(23-8)19-6-18-10-9(7-1-2-15-3-7)16-5-17-13(10)19/h1-3,5-6,8,11-12,14-15,20-22H,4H2/t8-,11-,12-,14-/m1/s1. The van der Waals surface area contributed by atoms with Gasteiger partial charge in [0.25, 0.3) is 0 Å². The van der Waals surface area contributed by atoms with E-state index in [1.165, 1.54) is 17.2 Å². The van der Waals surface area contributed by atoms with Crippen LogP contribution in [0.1, 0.15) is 6.23 Å². The first kappa shape index (κ1) is 14.3. The first-order valence-electron chi connectivity index (χ1n) is 7.14. The molecule has 4 N–H and O–H groups in total. The molecule has 0 bridgehead atoms. The molecular weight excluding hydrogens is 302 g/mol. The number of aromatic amines is 1. The lowest BCUT2D eigenvalue weighted by Gasteiger charge is -2.16. The van der Waals surface area contributed by atoms with Crippen LogP contribution >= 0.6 is 0 Å². The second-order valence-electron chi connectivity index (χ2n) is 5.37. The van der Waals surface area contributed by atoms with Gasteiger partial charge in [0.2, 0.25) is 0 Å². The van der Waals surface area contributed by atoms with Gasteiger partial charge in [-0.25, -0.2) is 15.0 Å². The SMILES string of the molecule is OC[C@H]1O[C@@H](n2cnc3c(-c4cc[nH]c4)ncnc32)[C@H](O)[C@@H]1O. The zero-order chi connectivity index (χ0) is 16.0. The molecule has 4 atom stereocenters. The van der Waals surface area contributed by atoms with Crippen molar-refractivity contribution in [2.75, 3.05) is 6.61 Å². The lowest BCUT2D eigenvalue weighted by molar-refractivity contribution is -0.0511. The van der Waals surface area contributed by atoms with E-state index in [1.54, 1.807) is 12.4 Å². The molecule has 1 saturated heterocycles. The number of hydrogen-bond donors (Lipinski definition) is 4. The number of hydrogen-bond acceptors (Lipinski definition) is 7. The minimum absolute atomic E-state index is 0.384. The van der Waals surface area contributed by atoms with Gasteiger partial charge in [0, 0.05) is 18.0 Å². The van der Waals surface area contributed by atoms with E-state index in [0.29, 0.717) is 16.9 Å². The van der Waals surface area contributed by atoms with Crippen molar-refractivity contribution in [2.45, 2.75) is 24.5 Å². The van der Waals surface area contributed by atoms with E-state index in [1.807, 2.05) is 6.07 Å². The summed E-state index contributed by atoms with van der Waals surface area (Å²) in [5.74, 6) is 0. The second-order valence-corrected chi connectivity index (χ2v) is 5.37. The molecule has 120 valence electrons. The van der Waals surface area contributed by atoms with Gasteiger partial charge in [-0.3, -0.25) is 4.57 Å². The molecule has 0 aromatic carbocycles. The molecule has 0 amide bonds. The smallest absolute Gasteiger partial charge is 0.166 e. The number of fused-ring (bicyclic) bond motifs is 1. The van der Waals surface area contributed by atoms with Crippen molar-refractivity contribution in [3.63, 3.8) is 0 Å². The summed E-state index contributed by atoms with van der Waals surface area (Å²) in [4.78, 5) is 15.7. The molecule has 4 heterocycles. The van der Waals surface area contributed by atoms with Crippen LogP contribution in [-0.2, 0) is 4.74 Å². The molecule has 3 aromatic rings. The quantitative estimate of drug-likeness (QED) is 0.509. The van der Waals surface area contributed by atoms with Gasteiger partial charge in [0.15, 0.2) is 11.9 Å². The summed E-state index contributed by atoms with van der Waals surface area (Å²) < 4.78 is 7.06. The molecule has 0 spiro atoms. The average Bonchev–Trinajstić information content (AvgIpc) is 3.28. The van der Waals surface area contributed by atoms with E-state index in [-0.39, 0.29) is 6.61 Å². The second kappa shape index (κ2) is 5.39. The normalized spacial score (nSPS) is 27.8. The fourth-order valence-corrected chi connectivity index (χ4v) is 2.83. The van der Waals surface area contributed by atoms with E-state index >= 15 is 0 Å². The van der Waals surface area contributed by atoms with E-state index in [2.05, 4.69) is 19.9 Å². The molecule has 9 nitrogen and oxygen atoms in total. The number of aliphatic hydroxyl groups is 3. The number of nitrogens with zero attached hydrogens (tertiary/aromatic N) is 4. The van der Waals surface area contributed by atoms with Crippen LogP contribution in [0.25, 0.3) is 22.4 Å². The van der Waals surface area contributed by atoms with Gasteiger partial charge < -0.3 is 25.0 Å². The summed E-state index contributed by atoms with van der Waals surface area (Å²) in [7, 11) is 0. The summed E-state index contributed by atoms with van der Waals surface area (Å²) in [6.45, 7) is -0.384. The highest BCUT2D eigenvalue weighted by Gasteiger charge is 2.44. The molecule has 1 aliphatic heterocycles. The zero-order valence-electron chi connectivity index (χ0n) is 11.9. The Bertz CT molecular complexity index is 818. The number of ether oxygens (including phenoxy) is 1. The molecule has 3 aromatic heterocycles. The van der Waals surface area contributed by atoms with Crippen molar-refractivity contribution in [3.8, 4) is 11.3 Å². The predicted molar refractivity (Wildman–Crippen MR) is 78.1 cm³/mol.